The van der Waals surface area contributed by atoms with Crippen LogP contribution in [0.15, 0.2) is 48.5 Å². The Morgan fingerprint density at radius 3 is 2.64 bits per heavy atom. The molecule has 4 rings (SSSR count). The van der Waals surface area contributed by atoms with Gasteiger partial charge in [-0.25, -0.2) is 0 Å². The Morgan fingerprint density at radius 1 is 1.15 bits per heavy atom. The number of carbonyl (C=O) groups excluding carboxylic acids is 1. The Bertz CT molecular complexity index is 914. The van der Waals surface area contributed by atoms with Crippen LogP contribution in [0.25, 0.3) is 0 Å². The van der Waals surface area contributed by atoms with E-state index in [-0.39, 0.29) is 18.6 Å². The molecule has 6 heteroatoms. The van der Waals surface area contributed by atoms with Crippen molar-refractivity contribution >= 4 is 17.5 Å². The number of hydrogen-bond acceptors (Lipinski definition) is 4. The van der Waals surface area contributed by atoms with Crippen molar-refractivity contribution in [2.45, 2.75) is 63.1 Å². The SMILES string of the molecule is CC(c1cccc(Cl)c1)N(C)C1CCC(c2ccc(OCC(=O)NC3CCNCC3)cc2)C1. The lowest BCUT2D eigenvalue weighted by molar-refractivity contribution is -0.123. The highest BCUT2D eigenvalue weighted by Crippen LogP contribution is 2.39. The highest BCUT2D eigenvalue weighted by Gasteiger charge is 2.31. The fourth-order valence-corrected chi connectivity index (χ4v) is 5.37. The highest BCUT2D eigenvalue weighted by molar-refractivity contribution is 6.30. The maximum Gasteiger partial charge on any atom is 0.258 e. The van der Waals surface area contributed by atoms with Crippen molar-refractivity contribution in [3.05, 3.63) is 64.7 Å². The second-order valence-electron chi connectivity index (χ2n) is 9.51. The average Bonchev–Trinajstić information content (AvgIpc) is 3.33. The van der Waals surface area contributed by atoms with E-state index in [0.29, 0.717) is 18.0 Å². The molecule has 3 atom stereocenters. The van der Waals surface area contributed by atoms with Crippen molar-refractivity contribution in [3.8, 4) is 5.75 Å². The summed E-state index contributed by atoms with van der Waals surface area (Å²) in [5, 5.41) is 7.17. The lowest BCUT2D eigenvalue weighted by Gasteiger charge is -2.31. The summed E-state index contributed by atoms with van der Waals surface area (Å²) in [4.78, 5) is 14.7. The summed E-state index contributed by atoms with van der Waals surface area (Å²) >= 11 is 6.20. The van der Waals surface area contributed by atoms with E-state index >= 15 is 0 Å². The standard InChI is InChI=1S/C27H36ClN3O2/c1-19(21-4-3-5-23(28)16-21)31(2)25-9-6-22(17-25)20-7-10-26(11-8-20)33-18-27(32)30-24-12-14-29-15-13-24/h3-5,7-8,10-11,16,19,22,24-25,29H,6,9,12-15,17-18H2,1-2H3,(H,30,32). The van der Waals surface area contributed by atoms with Crippen LogP contribution < -0.4 is 15.4 Å². The normalized spacial score (nSPS) is 22.3. The van der Waals surface area contributed by atoms with Gasteiger partial charge in [0.15, 0.2) is 6.61 Å². The molecule has 1 saturated carbocycles. The molecule has 2 aromatic carbocycles. The van der Waals surface area contributed by atoms with Crippen molar-refractivity contribution in [2.24, 2.45) is 0 Å². The van der Waals surface area contributed by atoms with Crippen molar-refractivity contribution < 1.29 is 9.53 Å². The van der Waals surface area contributed by atoms with E-state index in [0.717, 1.165) is 43.1 Å². The summed E-state index contributed by atoms with van der Waals surface area (Å²) in [5.41, 5.74) is 2.62. The number of rotatable bonds is 8. The van der Waals surface area contributed by atoms with Crippen LogP contribution in [0, 0.1) is 0 Å². The number of carbonyl (C=O) groups is 1. The zero-order valence-corrected chi connectivity index (χ0v) is 20.5. The number of halogens is 1. The molecule has 2 fully saturated rings. The number of nitrogens with zero attached hydrogens (tertiary/aromatic N) is 1. The molecular formula is C27H36ClN3O2. The van der Waals surface area contributed by atoms with Crippen LogP contribution in [0.5, 0.6) is 5.75 Å². The van der Waals surface area contributed by atoms with Crippen LogP contribution in [0.1, 0.15) is 62.1 Å². The molecular weight excluding hydrogens is 434 g/mol. The molecule has 0 aromatic heterocycles. The molecule has 2 aromatic rings. The lowest BCUT2D eigenvalue weighted by Crippen LogP contribution is -2.44. The smallest absolute Gasteiger partial charge is 0.258 e. The maximum atomic E-state index is 12.2. The quantitative estimate of drug-likeness (QED) is 0.576. The first-order valence-electron chi connectivity index (χ1n) is 12.2. The Balaban J connectivity index is 1.25. The Hall–Kier alpha value is -2.08. The zero-order valence-electron chi connectivity index (χ0n) is 19.7. The van der Waals surface area contributed by atoms with Crippen molar-refractivity contribution in [1.82, 2.24) is 15.5 Å². The van der Waals surface area contributed by atoms with Gasteiger partial charge in [-0.15, -0.1) is 0 Å². The first-order chi connectivity index (χ1) is 16.0. The van der Waals surface area contributed by atoms with Crippen molar-refractivity contribution in [2.75, 3.05) is 26.7 Å². The van der Waals surface area contributed by atoms with E-state index in [1.54, 1.807) is 0 Å². The second kappa shape index (κ2) is 11.4. The minimum Gasteiger partial charge on any atom is -0.484 e. The molecule has 0 bridgehead atoms. The molecule has 1 aliphatic heterocycles. The largest absolute Gasteiger partial charge is 0.484 e. The van der Waals surface area contributed by atoms with Crippen LogP contribution in [-0.2, 0) is 4.79 Å². The van der Waals surface area contributed by atoms with Gasteiger partial charge in [0.1, 0.15) is 5.75 Å². The van der Waals surface area contributed by atoms with Crippen molar-refractivity contribution in [3.63, 3.8) is 0 Å². The molecule has 3 unspecified atom stereocenters. The van der Waals surface area contributed by atoms with E-state index in [9.17, 15) is 4.79 Å². The summed E-state index contributed by atoms with van der Waals surface area (Å²) < 4.78 is 5.73. The molecule has 0 radical (unpaired) electrons. The minimum absolute atomic E-state index is 0.0403. The molecule has 2 N–H and O–H groups in total. The second-order valence-corrected chi connectivity index (χ2v) is 9.95. The predicted octanol–water partition coefficient (Wildman–Crippen LogP) is 4.92. The summed E-state index contributed by atoms with van der Waals surface area (Å²) in [7, 11) is 2.23. The highest BCUT2D eigenvalue weighted by atomic mass is 35.5. The summed E-state index contributed by atoms with van der Waals surface area (Å²) in [6.45, 7) is 4.25. The number of ether oxygens (including phenoxy) is 1. The summed E-state index contributed by atoms with van der Waals surface area (Å²) in [6.07, 6.45) is 5.50. The maximum absolute atomic E-state index is 12.2. The number of amides is 1. The Kier molecular flexibility index (Phi) is 8.29. The van der Waals surface area contributed by atoms with Gasteiger partial charge < -0.3 is 15.4 Å². The van der Waals surface area contributed by atoms with Gasteiger partial charge in [-0.05, 0) is 100 Å². The average molecular weight is 470 g/mol. The van der Waals surface area contributed by atoms with Crippen LogP contribution in [0.3, 0.4) is 0 Å². The molecule has 1 saturated heterocycles. The molecule has 33 heavy (non-hydrogen) atoms. The third kappa shape index (κ3) is 6.50. The molecule has 0 spiro atoms. The number of piperidine rings is 1. The van der Waals surface area contributed by atoms with E-state index < -0.39 is 0 Å². The fourth-order valence-electron chi connectivity index (χ4n) is 5.17. The first kappa shape index (κ1) is 24.1. The topological polar surface area (TPSA) is 53.6 Å². The van der Waals surface area contributed by atoms with Gasteiger partial charge in [0.25, 0.3) is 5.91 Å². The predicted molar refractivity (Wildman–Crippen MR) is 134 cm³/mol. The van der Waals surface area contributed by atoms with Gasteiger partial charge in [0.2, 0.25) is 0 Å². The van der Waals surface area contributed by atoms with Gasteiger partial charge in [0, 0.05) is 23.1 Å². The van der Waals surface area contributed by atoms with Crippen LogP contribution in [-0.4, -0.2) is 49.6 Å². The monoisotopic (exact) mass is 469 g/mol. The fraction of sp³-hybridized carbons (Fsp3) is 0.519. The lowest BCUT2D eigenvalue weighted by atomic mass is 9.97. The molecule has 5 nitrogen and oxygen atoms in total. The molecule has 1 heterocycles. The van der Waals surface area contributed by atoms with E-state index in [4.69, 9.17) is 16.3 Å². The molecule has 1 amide bonds. The Morgan fingerprint density at radius 2 is 1.91 bits per heavy atom. The Labute approximate surface area is 202 Å². The van der Waals surface area contributed by atoms with E-state index in [1.807, 2.05) is 24.3 Å². The molecule has 178 valence electrons. The molecule has 2 aliphatic rings. The minimum atomic E-state index is -0.0403. The number of benzene rings is 2. The van der Waals surface area contributed by atoms with E-state index in [1.165, 1.54) is 24.0 Å². The first-order valence-corrected chi connectivity index (χ1v) is 12.6. The van der Waals surface area contributed by atoms with Gasteiger partial charge in [-0.1, -0.05) is 35.9 Å². The van der Waals surface area contributed by atoms with Crippen molar-refractivity contribution in [1.29, 1.82) is 0 Å². The summed E-state index contributed by atoms with van der Waals surface area (Å²) in [5.74, 6) is 1.27. The van der Waals surface area contributed by atoms with Gasteiger partial charge in [0.05, 0.1) is 0 Å². The van der Waals surface area contributed by atoms with E-state index in [2.05, 4.69) is 53.8 Å². The third-order valence-electron chi connectivity index (χ3n) is 7.35. The van der Waals surface area contributed by atoms with Crippen LogP contribution >= 0.6 is 11.6 Å². The van der Waals surface area contributed by atoms with Gasteiger partial charge in [-0.3, -0.25) is 9.69 Å². The van der Waals surface area contributed by atoms with Crippen LogP contribution in [0.4, 0.5) is 0 Å². The molecule has 1 aliphatic carbocycles. The van der Waals surface area contributed by atoms with Crippen LogP contribution in [0.2, 0.25) is 5.02 Å². The zero-order chi connectivity index (χ0) is 23.2. The third-order valence-corrected chi connectivity index (χ3v) is 7.58. The summed E-state index contributed by atoms with van der Waals surface area (Å²) in [6, 6.07) is 17.7. The number of nitrogens with one attached hydrogen (secondary N) is 2. The van der Waals surface area contributed by atoms with Gasteiger partial charge >= 0.3 is 0 Å². The number of hydrogen-bond donors (Lipinski definition) is 2. The van der Waals surface area contributed by atoms with Gasteiger partial charge in [-0.2, -0.15) is 0 Å².